The molecular formula is C49H82O6. The maximum absolute atomic E-state index is 12.6. The van der Waals surface area contributed by atoms with E-state index in [1.807, 2.05) is 0 Å². The summed E-state index contributed by atoms with van der Waals surface area (Å²) in [6, 6.07) is 0. The van der Waals surface area contributed by atoms with Gasteiger partial charge in [0.05, 0.1) is 0 Å². The molecule has 0 heterocycles. The Morgan fingerprint density at radius 2 is 0.709 bits per heavy atom. The average molecular weight is 767 g/mol. The van der Waals surface area contributed by atoms with Crippen molar-refractivity contribution in [2.45, 2.75) is 207 Å². The van der Waals surface area contributed by atoms with Crippen LogP contribution in [0.15, 0.2) is 72.9 Å². The van der Waals surface area contributed by atoms with E-state index < -0.39 is 6.10 Å². The maximum Gasteiger partial charge on any atom is 0.306 e. The summed E-state index contributed by atoms with van der Waals surface area (Å²) in [6.45, 7) is 6.35. The van der Waals surface area contributed by atoms with Crippen LogP contribution in [0.2, 0.25) is 0 Å². The van der Waals surface area contributed by atoms with Gasteiger partial charge in [0, 0.05) is 19.3 Å². The molecule has 0 aliphatic heterocycles. The first-order valence-corrected chi connectivity index (χ1v) is 22.4. The van der Waals surface area contributed by atoms with Gasteiger partial charge in [-0.15, -0.1) is 0 Å². The lowest BCUT2D eigenvalue weighted by Crippen LogP contribution is -2.30. The lowest BCUT2D eigenvalue weighted by molar-refractivity contribution is -0.167. The van der Waals surface area contributed by atoms with Crippen molar-refractivity contribution in [3.8, 4) is 0 Å². The topological polar surface area (TPSA) is 78.9 Å². The average Bonchev–Trinajstić information content (AvgIpc) is 3.18. The largest absolute Gasteiger partial charge is 0.462 e. The minimum Gasteiger partial charge on any atom is -0.462 e. The molecule has 0 bridgehead atoms. The van der Waals surface area contributed by atoms with Crippen molar-refractivity contribution in [1.82, 2.24) is 0 Å². The van der Waals surface area contributed by atoms with E-state index in [1.54, 1.807) is 0 Å². The summed E-state index contributed by atoms with van der Waals surface area (Å²) in [5, 5.41) is 0. The van der Waals surface area contributed by atoms with Crippen LogP contribution in [0.3, 0.4) is 0 Å². The number of hydrogen-bond acceptors (Lipinski definition) is 6. The fourth-order valence-corrected chi connectivity index (χ4v) is 5.81. The second-order valence-corrected chi connectivity index (χ2v) is 14.6. The van der Waals surface area contributed by atoms with Gasteiger partial charge in [0.25, 0.3) is 0 Å². The van der Waals surface area contributed by atoms with Gasteiger partial charge < -0.3 is 14.2 Å². The number of esters is 3. The van der Waals surface area contributed by atoms with Gasteiger partial charge in [-0.1, -0.05) is 164 Å². The SMILES string of the molecule is CC/C=C\C/C=C\C/C=C\C/C=C\CCCCC(=O)OC(COC(=O)CCCCCCC)COC(=O)CCCCCCCCC/C=C\C/C=C\CCCCC. The molecule has 0 saturated carbocycles. The molecule has 0 N–H and O–H groups in total. The highest BCUT2D eigenvalue weighted by molar-refractivity contribution is 5.71. The molecule has 0 radical (unpaired) electrons. The molecule has 0 aliphatic rings. The molecule has 0 aromatic heterocycles. The number of ether oxygens (including phenoxy) is 3. The summed E-state index contributed by atoms with van der Waals surface area (Å²) in [7, 11) is 0. The van der Waals surface area contributed by atoms with E-state index in [-0.39, 0.29) is 37.5 Å². The number of hydrogen-bond donors (Lipinski definition) is 0. The second kappa shape index (κ2) is 43.6. The molecule has 0 amide bonds. The predicted molar refractivity (Wildman–Crippen MR) is 233 cm³/mol. The molecule has 55 heavy (non-hydrogen) atoms. The Morgan fingerprint density at radius 3 is 1.18 bits per heavy atom. The van der Waals surface area contributed by atoms with Gasteiger partial charge >= 0.3 is 17.9 Å². The van der Waals surface area contributed by atoms with Crippen molar-refractivity contribution in [1.29, 1.82) is 0 Å². The summed E-state index contributed by atoms with van der Waals surface area (Å²) in [5.41, 5.74) is 0. The summed E-state index contributed by atoms with van der Waals surface area (Å²) in [5.74, 6) is -0.967. The van der Waals surface area contributed by atoms with Crippen LogP contribution in [0, 0.1) is 0 Å². The van der Waals surface area contributed by atoms with E-state index >= 15 is 0 Å². The molecule has 6 nitrogen and oxygen atoms in total. The van der Waals surface area contributed by atoms with E-state index in [0.717, 1.165) is 103 Å². The van der Waals surface area contributed by atoms with Crippen molar-refractivity contribution in [3.05, 3.63) is 72.9 Å². The molecule has 1 unspecified atom stereocenters. The lowest BCUT2D eigenvalue weighted by Gasteiger charge is -2.18. The Kier molecular flexibility index (Phi) is 41.1. The quantitative estimate of drug-likeness (QED) is 0.0268. The molecule has 0 aromatic carbocycles. The van der Waals surface area contributed by atoms with Crippen molar-refractivity contribution < 1.29 is 28.6 Å². The fraction of sp³-hybridized carbons (Fsp3) is 0.694. The third-order valence-electron chi connectivity index (χ3n) is 9.20. The first-order chi connectivity index (χ1) is 27.0. The number of carbonyl (C=O) groups excluding carboxylic acids is 3. The number of allylic oxidation sites excluding steroid dienone is 12. The summed E-state index contributed by atoms with van der Waals surface area (Å²) < 4.78 is 16.6. The third-order valence-corrected chi connectivity index (χ3v) is 9.20. The number of unbranched alkanes of at least 4 members (excludes halogenated alkanes) is 16. The Hall–Kier alpha value is -3.15. The summed E-state index contributed by atoms with van der Waals surface area (Å²) in [4.78, 5) is 37.5. The molecule has 314 valence electrons. The van der Waals surface area contributed by atoms with Gasteiger partial charge in [0.1, 0.15) is 13.2 Å². The number of rotatable bonds is 39. The van der Waals surface area contributed by atoms with Gasteiger partial charge in [-0.2, -0.15) is 0 Å². The molecular weight excluding hydrogens is 685 g/mol. The Labute approximate surface area is 338 Å². The minimum absolute atomic E-state index is 0.0965. The normalized spacial score (nSPS) is 12.7. The zero-order chi connectivity index (χ0) is 40.1. The molecule has 6 heteroatoms. The highest BCUT2D eigenvalue weighted by Crippen LogP contribution is 2.12. The summed E-state index contributed by atoms with van der Waals surface area (Å²) >= 11 is 0. The van der Waals surface area contributed by atoms with Crippen LogP contribution in [0.1, 0.15) is 201 Å². The van der Waals surface area contributed by atoms with E-state index in [2.05, 4.69) is 93.7 Å². The van der Waals surface area contributed by atoms with E-state index in [4.69, 9.17) is 14.2 Å². The van der Waals surface area contributed by atoms with Crippen molar-refractivity contribution in [2.24, 2.45) is 0 Å². The van der Waals surface area contributed by atoms with Crippen molar-refractivity contribution in [2.75, 3.05) is 13.2 Å². The maximum atomic E-state index is 12.6. The van der Waals surface area contributed by atoms with Crippen molar-refractivity contribution >= 4 is 17.9 Å². The highest BCUT2D eigenvalue weighted by Gasteiger charge is 2.19. The monoisotopic (exact) mass is 767 g/mol. The molecule has 0 saturated heterocycles. The van der Waals surface area contributed by atoms with Crippen LogP contribution in [0.5, 0.6) is 0 Å². The molecule has 0 rings (SSSR count). The first-order valence-electron chi connectivity index (χ1n) is 22.4. The lowest BCUT2D eigenvalue weighted by atomic mass is 10.1. The summed E-state index contributed by atoms with van der Waals surface area (Å²) in [6.07, 6.45) is 53.4. The van der Waals surface area contributed by atoms with Gasteiger partial charge in [0.15, 0.2) is 6.10 Å². The van der Waals surface area contributed by atoms with Crippen LogP contribution in [0.4, 0.5) is 0 Å². The van der Waals surface area contributed by atoms with Gasteiger partial charge in [-0.25, -0.2) is 0 Å². The Bertz CT molecular complexity index is 1070. The van der Waals surface area contributed by atoms with Gasteiger partial charge in [-0.3, -0.25) is 14.4 Å². The first kappa shape index (κ1) is 51.9. The Balaban J connectivity index is 4.32. The molecule has 0 spiro atoms. The van der Waals surface area contributed by atoms with Crippen LogP contribution < -0.4 is 0 Å². The van der Waals surface area contributed by atoms with Gasteiger partial charge in [0.2, 0.25) is 0 Å². The number of carbonyl (C=O) groups is 3. The van der Waals surface area contributed by atoms with Crippen molar-refractivity contribution in [3.63, 3.8) is 0 Å². The minimum atomic E-state index is -0.795. The smallest absolute Gasteiger partial charge is 0.306 e. The van der Waals surface area contributed by atoms with E-state index in [0.29, 0.717) is 19.3 Å². The second-order valence-electron chi connectivity index (χ2n) is 14.6. The van der Waals surface area contributed by atoms with E-state index in [9.17, 15) is 14.4 Å². The predicted octanol–water partition coefficient (Wildman–Crippen LogP) is 14.3. The van der Waals surface area contributed by atoms with Gasteiger partial charge in [-0.05, 0) is 89.9 Å². The third kappa shape index (κ3) is 41.8. The van der Waals surface area contributed by atoms with E-state index in [1.165, 1.54) is 51.4 Å². The fourth-order valence-electron chi connectivity index (χ4n) is 5.81. The molecule has 0 fully saturated rings. The van der Waals surface area contributed by atoms with Crippen LogP contribution in [0.25, 0.3) is 0 Å². The zero-order valence-electron chi connectivity index (χ0n) is 35.7. The van der Waals surface area contributed by atoms with Crippen LogP contribution in [-0.2, 0) is 28.6 Å². The molecule has 0 aromatic rings. The van der Waals surface area contributed by atoms with Crippen LogP contribution in [-0.4, -0.2) is 37.2 Å². The zero-order valence-corrected chi connectivity index (χ0v) is 35.7. The highest BCUT2D eigenvalue weighted by atomic mass is 16.6. The Morgan fingerprint density at radius 1 is 0.382 bits per heavy atom. The molecule has 1 atom stereocenters. The standard InChI is InChI=1S/C49H82O6/c1-4-7-10-13-15-17-19-21-23-24-26-27-29-31-33-36-39-42-48(51)54-45-46(44-53-47(50)41-38-35-12-9-6-3)55-49(52)43-40-37-34-32-30-28-25-22-20-18-16-14-11-8-5-2/h8,11,15-18,21-23,25,30,32,46H,4-7,9-10,12-14,19-20,24,26-29,31,33-45H2,1-3H3/b11-8-,17-15-,18-16-,23-21-,25-22-,32-30-. The van der Waals surface area contributed by atoms with Crippen LogP contribution >= 0.6 is 0 Å². The molecule has 0 aliphatic carbocycles.